The largest absolute Gasteiger partial charge is 0.298 e. The Balaban J connectivity index is -0.000000496. The van der Waals surface area contributed by atoms with Crippen molar-refractivity contribution >= 4 is 23.9 Å². The van der Waals surface area contributed by atoms with Crippen molar-refractivity contribution in [2.45, 2.75) is 62.3 Å². The van der Waals surface area contributed by atoms with Gasteiger partial charge in [-0.05, 0) is 18.6 Å². The summed E-state index contributed by atoms with van der Waals surface area (Å²) in [5.41, 5.74) is 3.26. The Morgan fingerprint density at radius 3 is 1.07 bits per heavy atom. The molecule has 3 heteroatoms. The van der Waals surface area contributed by atoms with Crippen LogP contribution in [0.3, 0.4) is 0 Å². The summed E-state index contributed by atoms with van der Waals surface area (Å²) in [5, 5.41) is 0. The van der Waals surface area contributed by atoms with E-state index in [1.165, 1.54) is 0 Å². The first-order valence-electron chi connectivity index (χ1n) is 14.5. The minimum atomic E-state index is 0.0319. The molecule has 4 rings (SSSR count). The summed E-state index contributed by atoms with van der Waals surface area (Å²) in [4.78, 5) is 32.4. The molecule has 0 unspecified atom stereocenters. The molecule has 3 nitrogen and oxygen atoms in total. The second-order valence-corrected chi connectivity index (χ2v) is 6.93. The van der Waals surface area contributed by atoms with Crippen LogP contribution in [0.25, 0.3) is 6.08 Å². The van der Waals surface area contributed by atoms with Crippen molar-refractivity contribution in [2.75, 3.05) is 0 Å². The molecule has 4 aromatic carbocycles. The van der Waals surface area contributed by atoms with Crippen molar-refractivity contribution in [3.63, 3.8) is 0 Å². The molecular weight excluding hydrogens is 504 g/mol. The summed E-state index contributed by atoms with van der Waals surface area (Å²) in [6, 6.07) is 37.4. The number of benzene rings is 4. The third kappa shape index (κ3) is 22.2. The molecule has 0 aromatic heterocycles. The lowest BCUT2D eigenvalue weighted by atomic mass is 10.1. The number of allylic oxidation sites excluding steroid dienone is 1. The van der Waals surface area contributed by atoms with Crippen molar-refractivity contribution in [1.29, 1.82) is 0 Å². The molecule has 0 saturated heterocycles. The predicted octanol–water partition coefficient (Wildman–Crippen LogP) is 11.1. The van der Waals surface area contributed by atoms with Gasteiger partial charge in [-0.25, -0.2) is 0 Å². The van der Waals surface area contributed by atoms with E-state index in [-0.39, 0.29) is 11.6 Å². The van der Waals surface area contributed by atoms with E-state index in [4.69, 9.17) is 0 Å². The number of ketones is 2. The van der Waals surface area contributed by atoms with Crippen LogP contribution in [0.2, 0.25) is 0 Å². The van der Waals surface area contributed by atoms with E-state index in [1.807, 2.05) is 171 Å². The average molecular weight is 555 g/mol. The average Bonchev–Trinajstić information content (AvgIpc) is 3.09. The SMILES string of the molecule is CC.CC.CC.CC.CC(=O)c1ccccc1.O=C(/C=C/c1ccccc1)c1ccccc1.O=Cc1ccccc1. The molecule has 0 bridgehead atoms. The van der Waals surface area contributed by atoms with Crippen molar-refractivity contribution in [3.8, 4) is 0 Å². The fourth-order valence-electron chi connectivity index (χ4n) is 2.64. The second-order valence-electron chi connectivity index (χ2n) is 6.93. The van der Waals surface area contributed by atoms with E-state index in [2.05, 4.69) is 0 Å². The van der Waals surface area contributed by atoms with Crippen LogP contribution in [0, 0.1) is 0 Å². The molecule has 0 heterocycles. The van der Waals surface area contributed by atoms with E-state index in [0.717, 1.165) is 28.5 Å². The highest BCUT2D eigenvalue weighted by Gasteiger charge is 1.98. The van der Waals surface area contributed by atoms with Gasteiger partial charge < -0.3 is 0 Å². The molecule has 4 aromatic rings. The first-order valence-corrected chi connectivity index (χ1v) is 14.5. The predicted molar refractivity (Wildman–Crippen MR) is 180 cm³/mol. The number of carbonyl (C=O) groups excluding carboxylic acids is 3. The van der Waals surface area contributed by atoms with E-state index in [9.17, 15) is 14.4 Å². The lowest BCUT2D eigenvalue weighted by Gasteiger charge is -1.94. The van der Waals surface area contributed by atoms with Crippen LogP contribution in [-0.4, -0.2) is 17.9 Å². The zero-order valence-electron chi connectivity index (χ0n) is 26.5. The minimum Gasteiger partial charge on any atom is -0.298 e. The lowest BCUT2D eigenvalue weighted by molar-refractivity contribution is 0.101. The van der Waals surface area contributed by atoms with Gasteiger partial charge in [0.25, 0.3) is 0 Å². The Bertz CT molecular complexity index is 1140. The van der Waals surface area contributed by atoms with Crippen LogP contribution in [0.5, 0.6) is 0 Å². The molecule has 0 radical (unpaired) electrons. The summed E-state index contributed by atoms with van der Waals surface area (Å²) >= 11 is 0. The van der Waals surface area contributed by atoms with Gasteiger partial charge in [-0.3, -0.25) is 14.4 Å². The first kappa shape index (κ1) is 41.1. The maximum Gasteiger partial charge on any atom is 0.185 e. The molecule has 0 aliphatic heterocycles. The Morgan fingerprint density at radius 1 is 0.463 bits per heavy atom. The van der Waals surface area contributed by atoms with E-state index in [0.29, 0.717) is 0 Å². The Morgan fingerprint density at radius 2 is 0.780 bits per heavy atom. The number of Topliss-reactive ketones (excluding diaryl/α,β-unsaturated/α-hetero) is 1. The maximum absolute atomic E-state index is 11.7. The third-order valence-electron chi connectivity index (χ3n) is 4.40. The van der Waals surface area contributed by atoms with Crippen LogP contribution in [-0.2, 0) is 0 Å². The molecule has 0 saturated carbocycles. The molecule has 0 fully saturated rings. The van der Waals surface area contributed by atoms with Gasteiger partial charge in [-0.15, -0.1) is 0 Å². The molecule has 220 valence electrons. The topological polar surface area (TPSA) is 51.2 Å². The number of aldehydes is 1. The minimum absolute atomic E-state index is 0.0319. The van der Waals surface area contributed by atoms with Crippen molar-refractivity contribution in [3.05, 3.63) is 150 Å². The fraction of sp³-hybridized carbons (Fsp3) is 0.237. The molecule has 0 atom stereocenters. The molecule has 0 aliphatic rings. The lowest BCUT2D eigenvalue weighted by Crippen LogP contribution is -1.92. The van der Waals surface area contributed by atoms with Gasteiger partial charge in [-0.1, -0.05) is 183 Å². The molecule has 0 aliphatic carbocycles. The maximum atomic E-state index is 11.7. The van der Waals surface area contributed by atoms with Gasteiger partial charge in [0.15, 0.2) is 11.6 Å². The second kappa shape index (κ2) is 31.8. The number of carbonyl (C=O) groups is 3. The van der Waals surface area contributed by atoms with Crippen molar-refractivity contribution in [1.82, 2.24) is 0 Å². The normalized spacial score (nSPS) is 8.32. The van der Waals surface area contributed by atoms with Gasteiger partial charge in [-0.2, -0.15) is 0 Å². The molecule has 0 amide bonds. The van der Waals surface area contributed by atoms with Crippen LogP contribution in [0.1, 0.15) is 99.0 Å². The van der Waals surface area contributed by atoms with E-state index >= 15 is 0 Å². The quantitative estimate of drug-likeness (QED) is 0.140. The van der Waals surface area contributed by atoms with Crippen molar-refractivity contribution in [2.24, 2.45) is 0 Å². The van der Waals surface area contributed by atoms with Gasteiger partial charge in [0.1, 0.15) is 6.29 Å². The number of rotatable bonds is 5. The highest BCUT2D eigenvalue weighted by molar-refractivity contribution is 6.06. The van der Waals surface area contributed by atoms with Gasteiger partial charge >= 0.3 is 0 Å². The first-order chi connectivity index (χ1) is 20.1. The zero-order valence-corrected chi connectivity index (χ0v) is 26.5. The summed E-state index contributed by atoms with van der Waals surface area (Å²) in [5.74, 6) is 0.153. The standard InChI is InChI=1S/C15H12O.C8H8O.C7H6O.4C2H6/c16-15(14-9-5-2-6-10-14)12-11-13-7-3-1-4-8-13;1-7(9)8-5-3-2-4-6-8;8-6-7-4-2-1-3-5-7;4*1-2/h1-12H;2-6H,1H3;1-6H;4*1-2H3/b12-11+;;;;;;. The molecule has 41 heavy (non-hydrogen) atoms. The zero-order chi connectivity index (χ0) is 31.7. The highest BCUT2D eigenvalue weighted by Crippen LogP contribution is 2.05. The van der Waals surface area contributed by atoms with Crippen molar-refractivity contribution < 1.29 is 14.4 Å². The Labute approximate surface area is 250 Å². The van der Waals surface area contributed by atoms with Crippen LogP contribution < -0.4 is 0 Å². The number of hydrogen-bond acceptors (Lipinski definition) is 3. The highest BCUT2D eigenvalue weighted by atomic mass is 16.1. The van der Waals surface area contributed by atoms with E-state index in [1.54, 1.807) is 25.1 Å². The molecule has 0 N–H and O–H groups in total. The van der Waals surface area contributed by atoms with Crippen LogP contribution >= 0.6 is 0 Å². The Hall–Kier alpha value is -4.37. The summed E-state index contributed by atoms with van der Waals surface area (Å²) in [6.07, 6.45) is 4.26. The summed E-state index contributed by atoms with van der Waals surface area (Å²) in [6.45, 7) is 17.6. The third-order valence-corrected chi connectivity index (χ3v) is 4.40. The fourth-order valence-corrected chi connectivity index (χ4v) is 2.64. The van der Waals surface area contributed by atoms with Gasteiger partial charge in [0.2, 0.25) is 0 Å². The summed E-state index contributed by atoms with van der Waals surface area (Å²) < 4.78 is 0. The smallest absolute Gasteiger partial charge is 0.185 e. The van der Waals surface area contributed by atoms with Gasteiger partial charge in [0, 0.05) is 16.7 Å². The van der Waals surface area contributed by atoms with E-state index < -0.39 is 0 Å². The van der Waals surface area contributed by atoms with Crippen LogP contribution in [0.15, 0.2) is 127 Å². The van der Waals surface area contributed by atoms with Crippen LogP contribution in [0.4, 0.5) is 0 Å². The molecule has 0 spiro atoms. The van der Waals surface area contributed by atoms with Gasteiger partial charge in [0.05, 0.1) is 0 Å². The summed E-state index contributed by atoms with van der Waals surface area (Å²) in [7, 11) is 0. The molecular formula is C38H50O3. The Kier molecular flexibility index (Phi) is 31.9. The monoisotopic (exact) mass is 554 g/mol. The number of hydrogen-bond donors (Lipinski definition) is 0.